The van der Waals surface area contributed by atoms with Crippen molar-refractivity contribution in [1.29, 1.82) is 0 Å². The second-order valence-corrected chi connectivity index (χ2v) is 6.50. The predicted octanol–water partition coefficient (Wildman–Crippen LogP) is 2.22. The van der Waals surface area contributed by atoms with Crippen molar-refractivity contribution in [3.05, 3.63) is 17.7 Å². The molecule has 0 bridgehead atoms. The van der Waals surface area contributed by atoms with Crippen LogP contribution in [0.1, 0.15) is 18.4 Å². The van der Waals surface area contributed by atoms with Crippen LogP contribution in [0.25, 0.3) is 0 Å². The normalized spacial score (nSPS) is 21.3. The van der Waals surface area contributed by atoms with Crippen LogP contribution in [0.5, 0.6) is 17.2 Å². The second-order valence-electron chi connectivity index (χ2n) is 6.50. The smallest absolute Gasteiger partial charge is 0.231 e. The molecule has 1 spiro atoms. The van der Waals surface area contributed by atoms with Crippen molar-refractivity contribution in [2.45, 2.75) is 25.0 Å². The van der Waals surface area contributed by atoms with Gasteiger partial charge in [0.05, 0.1) is 19.3 Å². The van der Waals surface area contributed by atoms with Crippen LogP contribution in [0, 0.1) is 0 Å². The molecular weight excluding hydrogens is 367 g/mol. The van der Waals surface area contributed by atoms with E-state index in [-0.39, 0.29) is 30.4 Å². The quantitative estimate of drug-likeness (QED) is 0.850. The van der Waals surface area contributed by atoms with Crippen LogP contribution in [0.4, 0.5) is 0 Å². The molecular formula is C17H26Cl2N2O4. The Morgan fingerprint density at radius 1 is 1.16 bits per heavy atom. The van der Waals surface area contributed by atoms with Crippen molar-refractivity contribution in [1.82, 2.24) is 10.2 Å². The van der Waals surface area contributed by atoms with E-state index in [1.165, 1.54) is 0 Å². The fraction of sp³-hybridized carbons (Fsp3) is 0.647. The van der Waals surface area contributed by atoms with E-state index in [0.29, 0.717) is 6.79 Å². The monoisotopic (exact) mass is 392 g/mol. The molecule has 3 heterocycles. The molecule has 1 aromatic carbocycles. The third kappa shape index (κ3) is 4.26. The van der Waals surface area contributed by atoms with Gasteiger partial charge in [-0.1, -0.05) is 0 Å². The van der Waals surface area contributed by atoms with E-state index in [2.05, 4.69) is 10.2 Å². The van der Waals surface area contributed by atoms with Gasteiger partial charge in [0, 0.05) is 44.4 Å². The number of nitrogens with zero attached hydrogens (tertiary/aromatic N) is 1. The number of methoxy groups -OCH3 is 1. The van der Waals surface area contributed by atoms with Gasteiger partial charge < -0.3 is 24.3 Å². The van der Waals surface area contributed by atoms with Crippen LogP contribution in [0.15, 0.2) is 12.1 Å². The molecule has 0 amide bonds. The second kappa shape index (κ2) is 8.64. The zero-order valence-electron chi connectivity index (χ0n) is 14.4. The lowest BCUT2D eigenvalue weighted by Crippen LogP contribution is -2.55. The number of ether oxygens (including phenoxy) is 4. The van der Waals surface area contributed by atoms with E-state index in [4.69, 9.17) is 18.9 Å². The van der Waals surface area contributed by atoms with E-state index < -0.39 is 0 Å². The number of piperidine rings is 1. The molecule has 2 fully saturated rings. The number of likely N-dealkylation sites (tertiary alicyclic amines) is 1. The molecule has 1 aromatic rings. The Morgan fingerprint density at radius 3 is 2.52 bits per heavy atom. The molecule has 25 heavy (non-hydrogen) atoms. The van der Waals surface area contributed by atoms with E-state index in [0.717, 1.165) is 75.0 Å². The van der Waals surface area contributed by atoms with Crippen LogP contribution >= 0.6 is 24.8 Å². The molecule has 2 saturated heterocycles. The summed E-state index contributed by atoms with van der Waals surface area (Å²) in [6, 6.07) is 3.97. The van der Waals surface area contributed by atoms with Crippen LogP contribution in [-0.4, -0.2) is 57.2 Å². The molecule has 1 N–H and O–H groups in total. The summed E-state index contributed by atoms with van der Waals surface area (Å²) < 4.78 is 22.5. The summed E-state index contributed by atoms with van der Waals surface area (Å²) in [6.07, 6.45) is 2.15. The Balaban J connectivity index is 0.00000113. The maximum Gasteiger partial charge on any atom is 0.231 e. The molecule has 3 aliphatic rings. The predicted molar refractivity (Wildman–Crippen MR) is 99.7 cm³/mol. The molecule has 142 valence electrons. The first-order valence-corrected chi connectivity index (χ1v) is 8.32. The first-order valence-electron chi connectivity index (χ1n) is 8.32. The zero-order chi connectivity index (χ0) is 15.7. The molecule has 0 aliphatic carbocycles. The minimum Gasteiger partial charge on any atom is -0.496 e. The summed E-state index contributed by atoms with van der Waals surface area (Å²) in [5, 5.41) is 3.46. The summed E-state index contributed by atoms with van der Waals surface area (Å²) in [4.78, 5) is 2.46. The molecule has 0 saturated carbocycles. The first-order chi connectivity index (χ1) is 11.3. The van der Waals surface area contributed by atoms with Gasteiger partial charge in [0.1, 0.15) is 5.75 Å². The Bertz CT molecular complexity index is 572. The highest BCUT2D eigenvalue weighted by atomic mass is 35.5. The van der Waals surface area contributed by atoms with Gasteiger partial charge in [-0.05, 0) is 18.9 Å². The Morgan fingerprint density at radius 2 is 1.88 bits per heavy atom. The van der Waals surface area contributed by atoms with Crippen molar-refractivity contribution in [2.24, 2.45) is 0 Å². The van der Waals surface area contributed by atoms with Crippen molar-refractivity contribution < 1.29 is 18.9 Å². The number of benzene rings is 1. The highest BCUT2D eigenvalue weighted by Crippen LogP contribution is 2.39. The number of morpholine rings is 1. The van der Waals surface area contributed by atoms with Crippen molar-refractivity contribution in [2.75, 3.05) is 46.7 Å². The lowest BCUT2D eigenvalue weighted by Gasteiger charge is -2.44. The largest absolute Gasteiger partial charge is 0.496 e. The first kappa shape index (κ1) is 20.4. The fourth-order valence-electron chi connectivity index (χ4n) is 3.67. The van der Waals surface area contributed by atoms with Crippen LogP contribution in [0.3, 0.4) is 0 Å². The van der Waals surface area contributed by atoms with Gasteiger partial charge in [-0.15, -0.1) is 24.8 Å². The number of halogens is 2. The maximum atomic E-state index is 6.06. The number of hydrogen-bond donors (Lipinski definition) is 1. The zero-order valence-corrected chi connectivity index (χ0v) is 16.0. The number of rotatable bonds is 3. The third-order valence-corrected chi connectivity index (χ3v) is 5.07. The highest BCUT2D eigenvalue weighted by Gasteiger charge is 2.37. The Labute approximate surface area is 160 Å². The summed E-state index contributed by atoms with van der Waals surface area (Å²) >= 11 is 0. The van der Waals surface area contributed by atoms with E-state index in [1.807, 2.05) is 12.1 Å². The van der Waals surface area contributed by atoms with E-state index in [1.54, 1.807) is 7.11 Å². The number of nitrogens with one attached hydrogen (secondary N) is 1. The topological polar surface area (TPSA) is 52.2 Å². The average molecular weight is 393 g/mol. The average Bonchev–Trinajstić information content (AvgIpc) is 3.04. The standard InChI is InChI=1S/C17H24N2O4.2ClH/c1-20-14-9-16-15(21-12-22-16)8-13(14)10-19-5-2-17(3-6-19)11-18-4-7-23-17;;/h8-9,18H,2-7,10-12H2,1H3;2*1H. The van der Waals surface area contributed by atoms with Crippen LogP contribution < -0.4 is 19.5 Å². The SMILES string of the molecule is COc1cc2c(cc1CN1CCC3(CC1)CNCCO3)OCO2.Cl.Cl. The highest BCUT2D eigenvalue weighted by molar-refractivity contribution is 5.85. The molecule has 8 heteroatoms. The van der Waals surface area contributed by atoms with E-state index in [9.17, 15) is 0 Å². The van der Waals surface area contributed by atoms with Gasteiger partial charge in [-0.3, -0.25) is 4.90 Å². The van der Waals surface area contributed by atoms with Gasteiger partial charge in [-0.25, -0.2) is 0 Å². The van der Waals surface area contributed by atoms with Crippen LogP contribution in [-0.2, 0) is 11.3 Å². The van der Waals surface area contributed by atoms with Crippen molar-refractivity contribution in [3.8, 4) is 17.2 Å². The van der Waals surface area contributed by atoms with Gasteiger partial charge in [0.25, 0.3) is 0 Å². The molecule has 0 aromatic heterocycles. The van der Waals surface area contributed by atoms with Crippen molar-refractivity contribution >= 4 is 24.8 Å². The minimum absolute atomic E-state index is 0. The Hall–Kier alpha value is -0.920. The lowest BCUT2D eigenvalue weighted by atomic mass is 9.90. The summed E-state index contributed by atoms with van der Waals surface area (Å²) in [5.74, 6) is 2.45. The molecule has 4 rings (SSSR count). The van der Waals surface area contributed by atoms with Gasteiger partial charge >= 0.3 is 0 Å². The maximum absolute atomic E-state index is 6.06. The van der Waals surface area contributed by atoms with Crippen LogP contribution in [0.2, 0.25) is 0 Å². The number of fused-ring (bicyclic) bond motifs is 1. The third-order valence-electron chi connectivity index (χ3n) is 5.07. The molecule has 6 nitrogen and oxygen atoms in total. The summed E-state index contributed by atoms with van der Waals surface area (Å²) in [7, 11) is 1.70. The molecule has 0 atom stereocenters. The minimum atomic E-state index is 0. The summed E-state index contributed by atoms with van der Waals surface area (Å²) in [6.45, 7) is 6.02. The van der Waals surface area contributed by atoms with E-state index >= 15 is 0 Å². The Kier molecular flexibility index (Phi) is 7.05. The van der Waals surface area contributed by atoms with Gasteiger partial charge in [0.2, 0.25) is 6.79 Å². The molecule has 0 radical (unpaired) electrons. The number of hydrogen-bond acceptors (Lipinski definition) is 6. The summed E-state index contributed by atoms with van der Waals surface area (Å²) in [5.41, 5.74) is 1.20. The van der Waals surface area contributed by atoms with Gasteiger partial charge in [-0.2, -0.15) is 0 Å². The lowest BCUT2D eigenvalue weighted by molar-refractivity contribution is -0.100. The molecule has 0 unspecified atom stereocenters. The molecule has 3 aliphatic heterocycles. The van der Waals surface area contributed by atoms with Crippen molar-refractivity contribution in [3.63, 3.8) is 0 Å². The van der Waals surface area contributed by atoms with Gasteiger partial charge in [0.15, 0.2) is 11.5 Å². The fourth-order valence-corrected chi connectivity index (χ4v) is 3.67.